The van der Waals surface area contributed by atoms with Gasteiger partial charge in [0.1, 0.15) is 0 Å². The number of thioether (sulfide) groups is 1. The molecular formula is C14H13Cl2NS. The van der Waals surface area contributed by atoms with Gasteiger partial charge in [-0.05, 0) is 36.2 Å². The number of aryl methyl sites for hydroxylation is 1. The summed E-state index contributed by atoms with van der Waals surface area (Å²) in [5, 5.41) is 1.34. The molecule has 0 fully saturated rings. The topological polar surface area (TPSA) is 26.0 Å². The van der Waals surface area contributed by atoms with Crippen LogP contribution in [0.25, 0.3) is 0 Å². The number of halogens is 2. The SMILES string of the molecule is Nc1ccccc1CCSc1cc(Cl)cc(Cl)c1. The van der Waals surface area contributed by atoms with Crippen LogP contribution in [-0.2, 0) is 6.42 Å². The summed E-state index contributed by atoms with van der Waals surface area (Å²) in [6.07, 6.45) is 0.932. The van der Waals surface area contributed by atoms with E-state index < -0.39 is 0 Å². The summed E-state index contributed by atoms with van der Waals surface area (Å²) >= 11 is 13.6. The number of anilines is 1. The van der Waals surface area contributed by atoms with Crippen molar-refractivity contribution in [3.63, 3.8) is 0 Å². The molecule has 0 bridgehead atoms. The zero-order valence-corrected chi connectivity index (χ0v) is 12.0. The summed E-state index contributed by atoms with van der Waals surface area (Å²) in [6, 6.07) is 13.5. The van der Waals surface area contributed by atoms with Crippen molar-refractivity contribution >= 4 is 40.7 Å². The van der Waals surface area contributed by atoms with Crippen molar-refractivity contribution in [1.29, 1.82) is 0 Å². The third kappa shape index (κ3) is 3.84. The second kappa shape index (κ2) is 6.37. The lowest BCUT2D eigenvalue weighted by molar-refractivity contribution is 1.16. The van der Waals surface area contributed by atoms with E-state index in [1.807, 2.05) is 30.3 Å². The van der Waals surface area contributed by atoms with E-state index in [1.54, 1.807) is 17.8 Å². The van der Waals surface area contributed by atoms with Crippen LogP contribution in [0.3, 0.4) is 0 Å². The first-order chi connectivity index (χ1) is 8.65. The van der Waals surface area contributed by atoms with E-state index >= 15 is 0 Å². The van der Waals surface area contributed by atoms with Crippen molar-refractivity contribution in [2.45, 2.75) is 11.3 Å². The van der Waals surface area contributed by atoms with Crippen LogP contribution < -0.4 is 5.73 Å². The predicted molar refractivity (Wildman–Crippen MR) is 81.7 cm³/mol. The summed E-state index contributed by atoms with van der Waals surface area (Å²) in [5.74, 6) is 0.949. The minimum atomic E-state index is 0.671. The predicted octanol–water partition coefficient (Wildman–Crippen LogP) is 4.91. The van der Waals surface area contributed by atoms with Crippen molar-refractivity contribution in [1.82, 2.24) is 0 Å². The largest absolute Gasteiger partial charge is 0.399 e. The minimum Gasteiger partial charge on any atom is -0.399 e. The van der Waals surface area contributed by atoms with E-state index in [4.69, 9.17) is 28.9 Å². The molecule has 0 radical (unpaired) electrons. The summed E-state index contributed by atoms with van der Waals surface area (Å²) < 4.78 is 0. The van der Waals surface area contributed by atoms with E-state index in [-0.39, 0.29) is 0 Å². The first kappa shape index (κ1) is 13.6. The van der Waals surface area contributed by atoms with E-state index in [2.05, 4.69) is 6.07 Å². The maximum absolute atomic E-state index is 5.95. The second-order valence-corrected chi connectivity index (χ2v) is 5.94. The van der Waals surface area contributed by atoms with Gasteiger partial charge < -0.3 is 5.73 Å². The summed E-state index contributed by atoms with van der Waals surface area (Å²) in [7, 11) is 0. The van der Waals surface area contributed by atoms with Gasteiger partial charge in [-0.3, -0.25) is 0 Å². The fraction of sp³-hybridized carbons (Fsp3) is 0.143. The fourth-order valence-corrected chi connectivity index (χ4v) is 3.29. The Hall–Kier alpha value is -0.830. The molecule has 0 saturated heterocycles. The van der Waals surface area contributed by atoms with Crippen molar-refractivity contribution < 1.29 is 0 Å². The van der Waals surface area contributed by atoms with Crippen molar-refractivity contribution in [3.8, 4) is 0 Å². The molecule has 2 aromatic rings. The van der Waals surface area contributed by atoms with Crippen LogP contribution in [0.15, 0.2) is 47.4 Å². The molecule has 0 unspecified atom stereocenters. The lowest BCUT2D eigenvalue weighted by atomic mass is 10.1. The van der Waals surface area contributed by atoms with Gasteiger partial charge >= 0.3 is 0 Å². The maximum atomic E-state index is 5.95. The average Bonchev–Trinajstić information content (AvgIpc) is 2.30. The molecule has 0 aliphatic rings. The van der Waals surface area contributed by atoms with Crippen LogP contribution >= 0.6 is 35.0 Å². The van der Waals surface area contributed by atoms with Crippen molar-refractivity contribution in [2.75, 3.05) is 11.5 Å². The first-order valence-corrected chi connectivity index (χ1v) is 7.31. The molecule has 0 aromatic heterocycles. The Labute approximate surface area is 121 Å². The highest BCUT2D eigenvalue weighted by atomic mass is 35.5. The van der Waals surface area contributed by atoms with Gasteiger partial charge in [-0.15, -0.1) is 11.8 Å². The number of para-hydroxylation sites is 1. The number of hydrogen-bond acceptors (Lipinski definition) is 2. The van der Waals surface area contributed by atoms with Crippen LogP contribution in [0.1, 0.15) is 5.56 Å². The van der Waals surface area contributed by atoms with Crippen LogP contribution in [0.5, 0.6) is 0 Å². The quantitative estimate of drug-likeness (QED) is 0.641. The number of nitrogen functional groups attached to an aromatic ring is 1. The highest BCUT2D eigenvalue weighted by Crippen LogP contribution is 2.27. The third-order valence-corrected chi connectivity index (χ3v) is 3.95. The third-order valence-electron chi connectivity index (χ3n) is 2.53. The first-order valence-electron chi connectivity index (χ1n) is 5.57. The van der Waals surface area contributed by atoms with Gasteiger partial charge in [0.15, 0.2) is 0 Å². The highest BCUT2D eigenvalue weighted by molar-refractivity contribution is 7.99. The molecule has 2 N–H and O–H groups in total. The van der Waals surface area contributed by atoms with Crippen LogP contribution in [0.2, 0.25) is 10.0 Å². The zero-order chi connectivity index (χ0) is 13.0. The van der Waals surface area contributed by atoms with E-state index in [9.17, 15) is 0 Å². The van der Waals surface area contributed by atoms with Gasteiger partial charge in [0.2, 0.25) is 0 Å². The molecule has 0 aliphatic heterocycles. The number of hydrogen-bond donors (Lipinski definition) is 1. The Morgan fingerprint density at radius 2 is 1.67 bits per heavy atom. The van der Waals surface area contributed by atoms with Gasteiger partial charge in [-0.2, -0.15) is 0 Å². The highest BCUT2D eigenvalue weighted by Gasteiger charge is 2.01. The lowest BCUT2D eigenvalue weighted by Gasteiger charge is -2.06. The molecule has 94 valence electrons. The molecule has 0 amide bonds. The molecule has 18 heavy (non-hydrogen) atoms. The molecule has 0 saturated carbocycles. The van der Waals surface area contributed by atoms with Gasteiger partial charge in [0, 0.05) is 26.4 Å². The molecule has 0 aliphatic carbocycles. The van der Waals surface area contributed by atoms with E-state index in [0.717, 1.165) is 22.8 Å². The molecule has 0 spiro atoms. The van der Waals surface area contributed by atoms with Crippen LogP contribution in [-0.4, -0.2) is 5.75 Å². The maximum Gasteiger partial charge on any atom is 0.0431 e. The Morgan fingerprint density at radius 1 is 1.00 bits per heavy atom. The summed E-state index contributed by atoms with van der Waals surface area (Å²) in [4.78, 5) is 1.09. The average molecular weight is 298 g/mol. The Balaban J connectivity index is 1.94. The van der Waals surface area contributed by atoms with Crippen molar-refractivity contribution in [2.24, 2.45) is 0 Å². The monoisotopic (exact) mass is 297 g/mol. The van der Waals surface area contributed by atoms with Gasteiger partial charge in [0.05, 0.1) is 0 Å². The van der Waals surface area contributed by atoms with E-state index in [1.165, 1.54) is 5.56 Å². The lowest BCUT2D eigenvalue weighted by Crippen LogP contribution is -1.95. The zero-order valence-electron chi connectivity index (χ0n) is 9.70. The normalized spacial score (nSPS) is 10.6. The van der Waals surface area contributed by atoms with Crippen molar-refractivity contribution in [3.05, 3.63) is 58.1 Å². The minimum absolute atomic E-state index is 0.671. The second-order valence-electron chi connectivity index (χ2n) is 3.90. The number of nitrogens with two attached hydrogens (primary N) is 1. The molecule has 4 heteroatoms. The molecule has 2 aromatic carbocycles. The van der Waals surface area contributed by atoms with Crippen LogP contribution in [0.4, 0.5) is 5.69 Å². The Morgan fingerprint density at radius 3 is 2.33 bits per heavy atom. The van der Waals surface area contributed by atoms with Gasteiger partial charge in [-0.1, -0.05) is 41.4 Å². The van der Waals surface area contributed by atoms with Gasteiger partial charge in [0.25, 0.3) is 0 Å². The fourth-order valence-electron chi connectivity index (χ4n) is 1.65. The number of rotatable bonds is 4. The Bertz CT molecular complexity index is 523. The molecule has 0 heterocycles. The van der Waals surface area contributed by atoms with E-state index in [0.29, 0.717) is 10.0 Å². The van der Waals surface area contributed by atoms with Crippen LogP contribution in [0, 0.1) is 0 Å². The molecule has 2 rings (SSSR count). The standard InChI is InChI=1S/C14H13Cl2NS/c15-11-7-12(16)9-13(8-11)18-6-5-10-3-1-2-4-14(10)17/h1-4,7-9H,5-6,17H2. The molecular weight excluding hydrogens is 285 g/mol. The summed E-state index contributed by atoms with van der Waals surface area (Å²) in [6.45, 7) is 0. The number of benzene rings is 2. The Kier molecular flexibility index (Phi) is 4.81. The van der Waals surface area contributed by atoms with Gasteiger partial charge in [-0.25, -0.2) is 0 Å². The molecule has 0 atom stereocenters. The molecule has 1 nitrogen and oxygen atoms in total. The summed E-state index contributed by atoms with van der Waals surface area (Å²) in [5.41, 5.74) is 7.92. The smallest absolute Gasteiger partial charge is 0.0431 e.